The maximum Gasteiger partial charge on any atom is 0.338 e. The Morgan fingerprint density at radius 3 is 2.41 bits per heavy atom. The SMILES string of the molecule is CC(/C=C/c1cccc(C(=O)OC2CCCC(=O)OC(C(C)C/C(C)=C/C(C)C(O)CC(C)O)C/C=C\CC2C)c1)=C\CC(O)CC(C)O. The molecule has 1 aromatic rings. The second-order valence-corrected chi connectivity index (χ2v) is 14.4. The van der Waals surface area contributed by atoms with Gasteiger partial charge in [0.05, 0.1) is 30.0 Å². The zero-order chi connectivity index (χ0) is 36.5. The van der Waals surface area contributed by atoms with Gasteiger partial charge in [0, 0.05) is 18.8 Å². The summed E-state index contributed by atoms with van der Waals surface area (Å²) in [7, 11) is 0. The molecule has 0 radical (unpaired) electrons. The average Bonchev–Trinajstić information content (AvgIpc) is 3.02. The summed E-state index contributed by atoms with van der Waals surface area (Å²) in [6.07, 6.45) is 13.5. The maximum absolute atomic E-state index is 13.3. The van der Waals surface area contributed by atoms with E-state index in [0.717, 1.165) is 29.6 Å². The van der Waals surface area contributed by atoms with E-state index in [4.69, 9.17) is 9.47 Å². The largest absolute Gasteiger partial charge is 0.462 e. The molecule has 0 amide bonds. The van der Waals surface area contributed by atoms with Gasteiger partial charge in [0.15, 0.2) is 0 Å². The number of ether oxygens (including phenoxy) is 2. The molecule has 0 fully saturated rings. The number of hydrogen-bond donors (Lipinski definition) is 4. The fourth-order valence-corrected chi connectivity index (χ4v) is 6.14. The molecule has 1 aliphatic rings. The molecule has 4 N–H and O–H groups in total. The van der Waals surface area contributed by atoms with Crippen LogP contribution in [0.25, 0.3) is 6.08 Å². The Kier molecular flexibility index (Phi) is 18.8. The molecule has 274 valence electrons. The van der Waals surface area contributed by atoms with Crippen LogP contribution < -0.4 is 0 Å². The Labute approximate surface area is 294 Å². The van der Waals surface area contributed by atoms with Gasteiger partial charge in [0.25, 0.3) is 0 Å². The van der Waals surface area contributed by atoms with Crippen molar-refractivity contribution in [2.75, 3.05) is 0 Å². The van der Waals surface area contributed by atoms with Crippen molar-refractivity contribution in [1.82, 2.24) is 0 Å². The van der Waals surface area contributed by atoms with Crippen molar-refractivity contribution in [3.63, 3.8) is 0 Å². The van der Waals surface area contributed by atoms with E-state index in [-0.39, 0.29) is 42.4 Å². The van der Waals surface area contributed by atoms with E-state index in [1.165, 1.54) is 0 Å². The highest BCUT2D eigenvalue weighted by atomic mass is 16.5. The van der Waals surface area contributed by atoms with E-state index in [9.17, 15) is 30.0 Å². The van der Waals surface area contributed by atoms with Crippen molar-refractivity contribution in [2.45, 2.75) is 143 Å². The molecule has 9 unspecified atom stereocenters. The van der Waals surface area contributed by atoms with Crippen molar-refractivity contribution in [2.24, 2.45) is 17.8 Å². The van der Waals surface area contributed by atoms with Crippen LogP contribution in [0.15, 0.2) is 65.8 Å². The normalized spacial score (nSPS) is 24.5. The van der Waals surface area contributed by atoms with Gasteiger partial charge in [-0.05, 0) is 102 Å². The molecule has 0 aliphatic carbocycles. The predicted octanol–water partition coefficient (Wildman–Crippen LogP) is 7.50. The summed E-state index contributed by atoms with van der Waals surface area (Å²) in [4.78, 5) is 26.2. The molecular formula is C41H62O8. The number of carbonyl (C=O) groups excluding carboxylic acids is 2. The monoisotopic (exact) mass is 682 g/mol. The van der Waals surface area contributed by atoms with Gasteiger partial charge in [-0.25, -0.2) is 4.79 Å². The number of aliphatic hydroxyl groups is 4. The molecule has 0 saturated heterocycles. The van der Waals surface area contributed by atoms with Crippen LogP contribution in [0.2, 0.25) is 0 Å². The van der Waals surface area contributed by atoms with E-state index in [0.29, 0.717) is 44.1 Å². The first-order valence-corrected chi connectivity index (χ1v) is 18.0. The van der Waals surface area contributed by atoms with Crippen LogP contribution in [0.5, 0.6) is 0 Å². The minimum Gasteiger partial charge on any atom is -0.462 e. The third-order valence-corrected chi connectivity index (χ3v) is 9.09. The highest BCUT2D eigenvalue weighted by Crippen LogP contribution is 2.26. The van der Waals surface area contributed by atoms with E-state index >= 15 is 0 Å². The second kappa shape index (κ2) is 21.9. The zero-order valence-electron chi connectivity index (χ0n) is 30.8. The van der Waals surface area contributed by atoms with Gasteiger partial charge in [0.1, 0.15) is 12.2 Å². The highest BCUT2D eigenvalue weighted by Gasteiger charge is 2.26. The Hall–Kier alpha value is -3.04. The molecule has 0 bridgehead atoms. The predicted molar refractivity (Wildman–Crippen MR) is 196 cm³/mol. The van der Waals surface area contributed by atoms with Gasteiger partial charge in [-0.2, -0.15) is 0 Å². The standard InChI is InChI=1S/C41H62O8/c1-27(19-21-36(44)24-32(6)42)18-20-34-13-10-14-35(26-34)41(47)49-38-16-11-17-40(46)48-39(15-9-8-12-29(38)3)31(5)23-28(2)22-30(4)37(45)25-33(7)43/h8-10,13-14,18-20,22,26,29-33,36-39,42-45H,11-12,15-17,21,23-25H2,1-7H3/b9-8-,20-18+,27-19+,28-22+. The second-order valence-electron chi connectivity index (χ2n) is 14.4. The minimum absolute atomic E-state index is 0.0614. The van der Waals surface area contributed by atoms with Crippen LogP contribution >= 0.6 is 0 Å². The Morgan fingerprint density at radius 1 is 1.02 bits per heavy atom. The quantitative estimate of drug-likeness (QED) is 0.0849. The number of benzene rings is 1. The smallest absolute Gasteiger partial charge is 0.338 e. The fraction of sp³-hybridized carbons (Fsp3) is 0.610. The van der Waals surface area contributed by atoms with E-state index in [1.54, 1.807) is 26.0 Å². The molecular weight excluding hydrogens is 620 g/mol. The van der Waals surface area contributed by atoms with Crippen LogP contribution in [0, 0.1) is 17.8 Å². The average molecular weight is 683 g/mol. The van der Waals surface area contributed by atoms with Gasteiger partial charge < -0.3 is 29.9 Å². The molecule has 0 spiro atoms. The Morgan fingerprint density at radius 2 is 1.71 bits per heavy atom. The summed E-state index contributed by atoms with van der Waals surface area (Å²) in [5.41, 5.74) is 3.39. The van der Waals surface area contributed by atoms with E-state index < -0.39 is 30.4 Å². The zero-order valence-corrected chi connectivity index (χ0v) is 30.8. The highest BCUT2D eigenvalue weighted by molar-refractivity contribution is 5.90. The Balaban J connectivity index is 2.02. The van der Waals surface area contributed by atoms with Crippen LogP contribution in [-0.4, -0.2) is 69.0 Å². The lowest BCUT2D eigenvalue weighted by Gasteiger charge is -2.26. The molecule has 49 heavy (non-hydrogen) atoms. The maximum atomic E-state index is 13.3. The molecule has 8 nitrogen and oxygen atoms in total. The van der Waals surface area contributed by atoms with Crippen molar-refractivity contribution in [1.29, 1.82) is 0 Å². The summed E-state index contributed by atoms with van der Waals surface area (Å²) >= 11 is 0. The summed E-state index contributed by atoms with van der Waals surface area (Å²) in [6.45, 7) is 13.4. The van der Waals surface area contributed by atoms with E-state index in [2.05, 4.69) is 26.0 Å². The lowest BCUT2D eigenvalue weighted by Crippen LogP contribution is -2.28. The van der Waals surface area contributed by atoms with Crippen LogP contribution in [0.4, 0.5) is 0 Å². The Bertz CT molecular complexity index is 1280. The van der Waals surface area contributed by atoms with Gasteiger partial charge >= 0.3 is 11.9 Å². The third kappa shape index (κ3) is 17.0. The van der Waals surface area contributed by atoms with E-state index in [1.807, 2.05) is 57.2 Å². The topological polar surface area (TPSA) is 134 Å². The summed E-state index contributed by atoms with van der Waals surface area (Å²) in [5, 5.41) is 39.4. The lowest BCUT2D eigenvalue weighted by atomic mass is 9.90. The van der Waals surface area contributed by atoms with Gasteiger partial charge in [-0.15, -0.1) is 0 Å². The number of esters is 2. The molecule has 1 heterocycles. The first-order valence-electron chi connectivity index (χ1n) is 18.0. The third-order valence-electron chi connectivity index (χ3n) is 9.09. The summed E-state index contributed by atoms with van der Waals surface area (Å²) < 4.78 is 12.0. The first kappa shape index (κ1) is 42.1. The number of cyclic esters (lactones) is 1. The van der Waals surface area contributed by atoms with Crippen LogP contribution in [0.1, 0.15) is 122 Å². The molecule has 1 aromatic carbocycles. The first-order chi connectivity index (χ1) is 23.1. The van der Waals surface area contributed by atoms with Crippen molar-refractivity contribution >= 4 is 18.0 Å². The molecule has 1 aliphatic heterocycles. The molecule has 2 rings (SSSR count). The molecule has 0 saturated carbocycles. The fourth-order valence-electron chi connectivity index (χ4n) is 6.14. The van der Waals surface area contributed by atoms with Crippen molar-refractivity contribution in [3.8, 4) is 0 Å². The molecule has 9 atom stereocenters. The van der Waals surface area contributed by atoms with Crippen LogP contribution in [-0.2, 0) is 14.3 Å². The number of aliphatic hydroxyl groups excluding tert-OH is 4. The van der Waals surface area contributed by atoms with Gasteiger partial charge in [-0.3, -0.25) is 4.79 Å². The summed E-state index contributed by atoms with van der Waals surface area (Å²) in [6, 6.07) is 7.26. The van der Waals surface area contributed by atoms with Gasteiger partial charge in [0.2, 0.25) is 0 Å². The molecule has 0 aromatic heterocycles. The van der Waals surface area contributed by atoms with Crippen molar-refractivity contribution < 1.29 is 39.5 Å². The molecule has 8 heteroatoms. The lowest BCUT2D eigenvalue weighted by molar-refractivity contribution is -0.151. The number of hydrogen-bond acceptors (Lipinski definition) is 8. The summed E-state index contributed by atoms with van der Waals surface area (Å²) in [5.74, 6) is -0.599. The van der Waals surface area contributed by atoms with Crippen molar-refractivity contribution in [3.05, 3.63) is 76.9 Å². The number of allylic oxidation sites excluding steroid dienone is 4. The van der Waals surface area contributed by atoms with Gasteiger partial charge in [-0.1, -0.05) is 80.5 Å². The minimum atomic E-state index is -0.614. The number of rotatable bonds is 15. The number of carbonyl (C=O) groups is 2. The van der Waals surface area contributed by atoms with Crippen LogP contribution in [0.3, 0.4) is 0 Å².